The molecule has 0 fully saturated rings. The number of hydrogen-bond donors (Lipinski definition) is 1. The molecule has 6 heteroatoms. The number of nitrogens with two attached hydrogens (primary N) is 1. The molecule has 1 amide bonds. The van der Waals surface area contributed by atoms with E-state index in [1.165, 1.54) is 0 Å². The minimum Gasteiger partial charge on any atom is -0.372 e. The van der Waals surface area contributed by atoms with E-state index in [2.05, 4.69) is 15.5 Å². The lowest BCUT2D eigenvalue weighted by Gasteiger charge is -2.02. The molecule has 0 radical (unpaired) electrons. The predicted octanol–water partition coefficient (Wildman–Crippen LogP) is 1.72. The number of hydrogen-bond acceptors (Lipinski definition) is 5. The van der Waals surface area contributed by atoms with E-state index in [1.807, 2.05) is 0 Å². The van der Waals surface area contributed by atoms with Crippen molar-refractivity contribution in [2.45, 2.75) is 0 Å². The molecule has 2 aromatic carbocycles. The van der Waals surface area contributed by atoms with Gasteiger partial charge in [0.1, 0.15) is 0 Å². The minimum absolute atomic E-state index is 0.250. The average molecular weight is 287 g/mol. The van der Waals surface area contributed by atoms with Gasteiger partial charge in [-0.2, -0.15) is 0 Å². The first kappa shape index (κ1) is 15.9. The Morgan fingerprint density at radius 2 is 1.05 bits per heavy atom. The monoisotopic (exact) mass is 287 g/mol. The third-order valence-electron chi connectivity index (χ3n) is 2.21. The lowest BCUT2D eigenvalue weighted by molar-refractivity contribution is -0.187. The first-order valence-corrected chi connectivity index (χ1v) is 5.87. The normalized spacial score (nSPS) is 8.76. The SMILES string of the molecule is NC=O.O=C(OOC(=O)c1ccccc1)c1ccccc1. The smallest absolute Gasteiger partial charge is 0.372 e. The lowest BCUT2D eigenvalue weighted by atomic mass is 10.2. The number of benzene rings is 2. The van der Waals surface area contributed by atoms with Crippen LogP contribution in [0.15, 0.2) is 60.7 Å². The molecule has 2 rings (SSSR count). The van der Waals surface area contributed by atoms with Crippen LogP contribution >= 0.6 is 0 Å². The fraction of sp³-hybridized carbons (Fsp3) is 0. The molecule has 108 valence electrons. The van der Waals surface area contributed by atoms with Crippen LogP contribution in [0.1, 0.15) is 20.7 Å². The zero-order chi connectivity index (χ0) is 15.5. The van der Waals surface area contributed by atoms with Gasteiger partial charge in [0.15, 0.2) is 0 Å². The standard InChI is InChI=1S/C14H10O4.CH3NO/c15-13(11-7-3-1-4-8-11)17-18-14(16)12-9-5-2-6-10-12;2-1-3/h1-10H;1H,(H2,2,3). The molecule has 0 aromatic heterocycles. The minimum atomic E-state index is -0.708. The van der Waals surface area contributed by atoms with Gasteiger partial charge in [0.25, 0.3) is 0 Å². The maximum absolute atomic E-state index is 11.5. The lowest BCUT2D eigenvalue weighted by Crippen LogP contribution is -2.11. The number of rotatable bonds is 2. The van der Waals surface area contributed by atoms with Crippen molar-refractivity contribution in [3.8, 4) is 0 Å². The Labute approximate surface area is 121 Å². The van der Waals surface area contributed by atoms with Crippen molar-refractivity contribution in [3.63, 3.8) is 0 Å². The molecule has 2 N–H and O–H groups in total. The summed E-state index contributed by atoms with van der Waals surface area (Å²) in [4.78, 5) is 40.5. The van der Waals surface area contributed by atoms with Crippen molar-refractivity contribution in [2.75, 3.05) is 0 Å². The quantitative estimate of drug-likeness (QED) is 0.515. The fourth-order valence-electron chi connectivity index (χ4n) is 1.32. The number of amides is 1. The van der Waals surface area contributed by atoms with Crippen LogP contribution in [0.4, 0.5) is 0 Å². The van der Waals surface area contributed by atoms with Crippen molar-refractivity contribution < 1.29 is 24.2 Å². The van der Waals surface area contributed by atoms with Crippen molar-refractivity contribution in [1.82, 2.24) is 0 Å². The van der Waals surface area contributed by atoms with Crippen LogP contribution in [0.5, 0.6) is 0 Å². The summed E-state index contributed by atoms with van der Waals surface area (Å²) in [7, 11) is 0. The summed E-state index contributed by atoms with van der Waals surface area (Å²) < 4.78 is 0. The fourth-order valence-corrected chi connectivity index (χ4v) is 1.32. The molecule has 0 bridgehead atoms. The van der Waals surface area contributed by atoms with E-state index >= 15 is 0 Å². The van der Waals surface area contributed by atoms with Crippen LogP contribution < -0.4 is 5.73 Å². The van der Waals surface area contributed by atoms with E-state index in [-0.39, 0.29) is 6.41 Å². The van der Waals surface area contributed by atoms with Crippen LogP contribution in [0.3, 0.4) is 0 Å². The zero-order valence-electron chi connectivity index (χ0n) is 11.0. The van der Waals surface area contributed by atoms with Gasteiger partial charge in [-0.3, -0.25) is 4.79 Å². The molecule has 0 heterocycles. The molecule has 2 aromatic rings. The number of carbonyl (C=O) groups is 3. The molecule has 0 aliphatic carbocycles. The van der Waals surface area contributed by atoms with Crippen LogP contribution in [0.2, 0.25) is 0 Å². The van der Waals surface area contributed by atoms with Crippen molar-refractivity contribution in [2.24, 2.45) is 5.73 Å². The predicted molar refractivity (Wildman–Crippen MR) is 74.0 cm³/mol. The number of primary amides is 1. The molecular weight excluding hydrogens is 274 g/mol. The van der Waals surface area contributed by atoms with E-state index in [4.69, 9.17) is 4.79 Å². The highest BCUT2D eigenvalue weighted by Gasteiger charge is 2.12. The Morgan fingerprint density at radius 3 is 1.33 bits per heavy atom. The Bertz CT molecular complexity index is 532. The summed E-state index contributed by atoms with van der Waals surface area (Å²) in [5.41, 5.74) is 4.80. The molecule has 0 unspecified atom stereocenters. The van der Waals surface area contributed by atoms with E-state index in [0.717, 1.165) is 0 Å². The zero-order valence-corrected chi connectivity index (χ0v) is 11.0. The van der Waals surface area contributed by atoms with Gasteiger partial charge in [0, 0.05) is 0 Å². The van der Waals surface area contributed by atoms with Crippen LogP contribution in [-0.2, 0) is 14.6 Å². The van der Waals surface area contributed by atoms with E-state index < -0.39 is 11.9 Å². The molecular formula is C15H13NO5. The van der Waals surface area contributed by atoms with Crippen LogP contribution in [-0.4, -0.2) is 18.3 Å². The Balaban J connectivity index is 0.000000677. The summed E-state index contributed by atoms with van der Waals surface area (Å²) >= 11 is 0. The van der Waals surface area contributed by atoms with Gasteiger partial charge in [-0.1, -0.05) is 36.4 Å². The van der Waals surface area contributed by atoms with Crippen molar-refractivity contribution >= 4 is 18.3 Å². The van der Waals surface area contributed by atoms with Gasteiger partial charge in [-0.25, -0.2) is 19.4 Å². The maximum Gasteiger partial charge on any atom is 0.386 e. The summed E-state index contributed by atoms with van der Waals surface area (Å²) in [6, 6.07) is 16.6. The Kier molecular flexibility index (Phi) is 6.72. The molecule has 0 aliphatic rings. The van der Waals surface area contributed by atoms with Crippen LogP contribution in [0, 0.1) is 0 Å². The Hall–Kier alpha value is -3.15. The molecule has 0 saturated carbocycles. The molecule has 6 nitrogen and oxygen atoms in total. The van der Waals surface area contributed by atoms with E-state index in [0.29, 0.717) is 11.1 Å². The highest BCUT2D eigenvalue weighted by molar-refractivity contribution is 5.92. The average Bonchev–Trinajstić information content (AvgIpc) is 2.54. The summed E-state index contributed by atoms with van der Waals surface area (Å²) in [6.45, 7) is 0. The molecule has 0 atom stereocenters. The van der Waals surface area contributed by atoms with Gasteiger partial charge in [0.2, 0.25) is 6.41 Å². The second kappa shape index (κ2) is 8.87. The molecule has 0 saturated heterocycles. The third-order valence-corrected chi connectivity index (χ3v) is 2.21. The topological polar surface area (TPSA) is 95.7 Å². The molecule has 0 aliphatic heterocycles. The first-order chi connectivity index (χ1) is 10.2. The van der Waals surface area contributed by atoms with Gasteiger partial charge in [-0.15, -0.1) is 0 Å². The Morgan fingerprint density at radius 1 is 0.762 bits per heavy atom. The van der Waals surface area contributed by atoms with Crippen molar-refractivity contribution in [3.05, 3.63) is 71.8 Å². The highest BCUT2D eigenvalue weighted by Crippen LogP contribution is 2.05. The largest absolute Gasteiger partial charge is 0.386 e. The second-order valence-corrected chi connectivity index (χ2v) is 3.61. The summed E-state index contributed by atoms with van der Waals surface area (Å²) in [5, 5.41) is 0. The van der Waals surface area contributed by atoms with Gasteiger partial charge in [0.05, 0.1) is 11.1 Å². The number of carbonyl (C=O) groups excluding carboxylic acids is 3. The van der Waals surface area contributed by atoms with Crippen LogP contribution in [0.25, 0.3) is 0 Å². The summed E-state index contributed by atoms with van der Waals surface area (Å²) in [6.07, 6.45) is 0.250. The molecule has 0 spiro atoms. The van der Waals surface area contributed by atoms with Gasteiger partial charge < -0.3 is 5.73 Å². The first-order valence-electron chi connectivity index (χ1n) is 5.87. The second-order valence-electron chi connectivity index (χ2n) is 3.61. The van der Waals surface area contributed by atoms with Crippen molar-refractivity contribution in [1.29, 1.82) is 0 Å². The van der Waals surface area contributed by atoms with E-state index in [1.54, 1.807) is 60.7 Å². The van der Waals surface area contributed by atoms with Gasteiger partial charge in [-0.05, 0) is 24.3 Å². The molecule has 21 heavy (non-hydrogen) atoms. The third kappa shape index (κ3) is 5.56. The van der Waals surface area contributed by atoms with Gasteiger partial charge >= 0.3 is 11.9 Å². The van der Waals surface area contributed by atoms with E-state index in [9.17, 15) is 9.59 Å². The highest BCUT2D eigenvalue weighted by atomic mass is 17.2. The maximum atomic E-state index is 11.5. The summed E-state index contributed by atoms with van der Waals surface area (Å²) in [5.74, 6) is -1.42.